The lowest BCUT2D eigenvalue weighted by Crippen LogP contribution is -2.32. The molecule has 0 saturated heterocycles. The largest absolute Gasteiger partial charge is 0.465 e. The van der Waals surface area contributed by atoms with Crippen molar-refractivity contribution in [2.45, 2.75) is 6.92 Å². The highest BCUT2D eigenvalue weighted by Gasteiger charge is 2.19. The third-order valence-electron chi connectivity index (χ3n) is 2.73. The predicted octanol–water partition coefficient (Wildman–Crippen LogP) is 2.07. The van der Waals surface area contributed by atoms with Crippen LogP contribution >= 0.6 is 0 Å². The summed E-state index contributed by atoms with van der Waals surface area (Å²) in [5.41, 5.74) is 1.10. The molecule has 0 saturated carbocycles. The summed E-state index contributed by atoms with van der Waals surface area (Å²) in [6.07, 6.45) is 1.41. The molecule has 0 aliphatic rings. The lowest BCUT2D eigenvalue weighted by atomic mass is 10.1. The van der Waals surface area contributed by atoms with E-state index >= 15 is 0 Å². The van der Waals surface area contributed by atoms with Crippen LogP contribution in [0.4, 0.5) is 0 Å². The van der Waals surface area contributed by atoms with Gasteiger partial charge in [-0.15, -0.1) is 0 Å². The second kappa shape index (κ2) is 5.56. The molecule has 1 heterocycles. The molecule has 5 heteroatoms. The molecule has 1 aromatic heterocycles. The molecule has 0 aliphatic carbocycles. The van der Waals surface area contributed by atoms with Crippen molar-refractivity contribution >= 4 is 22.8 Å². The fourth-order valence-electron chi connectivity index (χ4n) is 1.82. The Morgan fingerprint density at radius 1 is 1.32 bits per heavy atom. The average Bonchev–Trinajstić information content (AvgIpc) is 2.81. The third-order valence-corrected chi connectivity index (χ3v) is 2.73. The molecule has 0 atom stereocenters. The fraction of sp³-hybridized carbons (Fsp3) is 0.286. The number of fused-ring (bicyclic) bond motifs is 1. The number of hydrogen-bond donors (Lipinski definition) is 0. The number of nitrogens with zero attached hydrogens (tertiary/aromatic N) is 1. The van der Waals surface area contributed by atoms with Crippen molar-refractivity contribution in [1.82, 2.24) is 4.90 Å². The second-order valence-electron chi connectivity index (χ2n) is 4.11. The monoisotopic (exact) mass is 261 g/mol. The molecule has 0 N–H and O–H groups in total. The molecule has 1 amide bonds. The van der Waals surface area contributed by atoms with Gasteiger partial charge in [0.05, 0.1) is 12.2 Å². The van der Waals surface area contributed by atoms with Crippen LogP contribution in [0.1, 0.15) is 17.3 Å². The SMILES string of the molecule is CCOC(=O)CN(C)C(=O)c1coc2ccccc12. The summed E-state index contributed by atoms with van der Waals surface area (Å²) in [7, 11) is 1.56. The van der Waals surface area contributed by atoms with Gasteiger partial charge in [-0.05, 0) is 13.0 Å². The summed E-state index contributed by atoms with van der Waals surface area (Å²) in [4.78, 5) is 24.9. The van der Waals surface area contributed by atoms with E-state index in [1.165, 1.54) is 11.2 Å². The summed E-state index contributed by atoms with van der Waals surface area (Å²) in [5, 5.41) is 0.739. The van der Waals surface area contributed by atoms with Gasteiger partial charge >= 0.3 is 5.97 Å². The van der Waals surface area contributed by atoms with Gasteiger partial charge in [0.25, 0.3) is 5.91 Å². The molecule has 0 fully saturated rings. The number of rotatable bonds is 4. The van der Waals surface area contributed by atoms with Crippen molar-refractivity contribution in [3.63, 3.8) is 0 Å². The van der Waals surface area contributed by atoms with Gasteiger partial charge in [-0.2, -0.15) is 0 Å². The highest BCUT2D eigenvalue weighted by Crippen LogP contribution is 2.21. The van der Waals surface area contributed by atoms with Crippen molar-refractivity contribution in [3.05, 3.63) is 36.1 Å². The molecule has 0 aliphatic heterocycles. The van der Waals surface area contributed by atoms with Crippen molar-refractivity contribution in [2.24, 2.45) is 0 Å². The van der Waals surface area contributed by atoms with Crippen molar-refractivity contribution < 1.29 is 18.7 Å². The van der Waals surface area contributed by atoms with Crippen LogP contribution in [-0.2, 0) is 9.53 Å². The minimum absolute atomic E-state index is 0.0772. The number of para-hydroxylation sites is 1. The number of ether oxygens (including phenoxy) is 1. The fourth-order valence-corrected chi connectivity index (χ4v) is 1.82. The van der Waals surface area contributed by atoms with Crippen LogP contribution in [0.25, 0.3) is 11.0 Å². The predicted molar refractivity (Wildman–Crippen MR) is 69.8 cm³/mol. The molecule has 0 spiro atoms. The van der Waals surface area contributed by atoms with Gasteiger partial charge in [-0.1, -0.05) is 18.2 Å². The molecule has 2 rings (SSSR count). The van der Waals surface area contributed by atoms with E-state index < -0.39 is 5.97 Å². The van der Waals surface area contributed by atoms with Crippen LogP contribution in [0.5, 0.6) is 0 Å². The summed E-state index contributed by atoms with van der Waals surface area (Å²) < 4.78 is 10.1. The quantitative estimate of drug-likeness (QED) is 0.790. The van der Waals surface area contributed by atoms with E-state index in [1.54, 1.807) is 20.0 Å². The van der Waals surface area contributed by atoms with Gasteiger partial charge in [0.15, 0.2) is 0 Å². The Hall–Kier alpha value is -2.30. The van der Waals surface area contributed by atoms with Crippen molar-refractivity contribution in [3.8, 4) is 0 Å². The van der Waals surface area contributed by atoms with Gasteiger partial charge in [0, 0.05) is 12.4 Å². The Kier molecular flexibility index (Phi) is 3.85. The summed E-state index contributed by atoms with van der Waals surface area (Å²) in [5.74, 6) is -0.691. The molecule has 1 aromatic carbocycles. The molecule has 0 unspecified atom stereocenters. The van der Waals surface area contributed by atoms with Crippen LogP contribution in [0.15, 0.2) is 34.9 Å². The lowest BCUT2D eigenvalue weighted by molar-refractivity contribution is -0.143. The van der Waals surface area contributed by atoms with Gasteiger partial charge in [0.2, 0.25) is 0 Å². The smallest absolute Gasteiger partial charge is 0.325 e. The van der Waals surface area contributed by atoms with E-state index in [-0.39, 0.29) is 12.5 Å². The Morgan fingerprint density at radius 3 is 2.79 bits per heavy atom. The lowest BCUT2D eigenvalue weighted by Gasteiger charge is -2.15. The number of likely N-dealkylation sites (N-methyl/N-ethyl adjacent to an activating group) is 1. The topological polar surface area (TPSA) is 59.8 Å². The Labute approximate surface area is 110 Å². The maximum absolute atomic E-state index is 12.2. The Bertz CT molecular complexity index is 602. The van der Waals surface area contributed by atoms with E-state index in [1.807, 2.05) is 18.2 Å². The molecule has 5 nitrogen and oxygen atoms in total. The van der Waals surface area contributed by atoms with Gasteiger partial charge in [-0.3, -0.25) is 9.59 Å². The second-order valence-corrected chi connectivity index (χ2v) is 4.11. The first kappa shape index (κ1) is 13.1. The van der Waals surface area contributed by atoms with Crippen LogP contribution in [0.2, 0.25) is 0 Å². The Morgan fingerprint density at radius 2 is 2.05 bits per heavy atom. The molecular weight excluding hydrogens is 246 g/mol. The molecule has 2 aromatic rings. The van der Waals surface area contributed by atoms with E-state index in [0.29, 0.717) is 17.8 Å². The maximum Gasteiger partial charge on any atom is 0.325 e. The number of esters is 1. The average molecular weight is 261 g/mol. The van der Waals surface area contributed by atoms with Gasteiger partial charge < -0.3 is 14.1 Å². The van der Waals surface area contributed by atoms with E-state index in [0.717, 1.165) is 5.39 Å². The summed E-state index contributed by atoms with van der Waals surface area (Å²) in [6.45, 7) is 1.95. The third kappa shape index (κ3) is 2.76. The number of amides is 1. The first-order chi connectivity index (χ1) is 9.13. The van der Waals surface area contributed by atoms with E-state index in [2.05, 4.69) is 0 Å². The standard InChI is InChI=1S/C14H15NO4/c1-3-18-13(16)8-15(2)14(17)11-9-19-12-7-5-4-6-10(11)12/h4-7,9H,3,8H2,1-2H3. The van der Waals surface area contributed by atoms with Crippen LogP contribution in [-0.4, -0.2) is 37.0 Å². The highest BCUT2D eigenvalue weighted by molar-refractivity contribution is 6.06. The summed E-state index contributed by atoms with van der Waals surface area (Å²) >= 11 is 0. The molecule has 19 heavy (non-hydrogen) atoms. The zero-order valence-electron chi connectivity index (χ0n) is 10.9. The normalized spacial score (nSPS) is 10.4. The number of carbonyl (C=O) groups is 2. The molecule has 0 radical (unpaired) electrons. The first-order valence-corrected chi connectivity index (χ1v) is 6.00. The zero-order valence-corrected chi connectivity index (χ0v) is 10.9. The van der Waals surface area contributed by atoms with E-state index in [9.17, 15) is 9.59 Å². The number of hydrogen-bond acceptors (Lipinski definition) is 4. The zero-order chi connectivity index (χ0) is 13.8. The van der Waals surface area contributed by atoms with Crippen LogP contribution in [0, 0.1) is 0 Å². The molecule has 100 valence electrons. The number of carbonyl (C=O) groups excluding carboxylic acids is 2. The van der Waals surface area contributed by atoms with E-state index in [4.69, 9.17) is 9.15 Å². The molecule has 0 bridgehead atoms. The number of furan rings is 1. The van der Waals surface area contributed by atoms with Crippen LogP contribution in [0.3, 0.4) is 0 Å². The van der Waals surface area contributed by atoms with Gasteiger partial charge in [-0.25, -0.2) is 0 Å². The molecular formula is C14H15NO4. The Balaban J connectivity index is 2.17. The van der Waals surface area contributed by atoms with Crippen LogP contribution < -0.4 is 0 Å². The summed E-state index contributed by atoms with van der Waals surface area (Å²) in [6, 6.07) is 7.27. The maximum atomic E-state index is 12.2. The van der Waals surface area contributed by atoms with Gasteiger partial charge in [0.1, 0.15) is 18.4 Å². The first-order valence-electron chi connectivity index (χ1n) is 6.00. The van der Waals surface area contributed by atoms with Crippen molar-refractivity contribution in [1.29, 1.82) is 0 Å². The minimum atomic E-state index is -0.425. The highest BCUT2D eigenvalue weighted by atomic mass is 16.5. The minimum Gasteiger partial charge on any atom is -0.465 e. The van der Waals surface area contributed by atoms with Crippen molar-refractivity contribution in [2.75, 3.05) is 20.2 Å². The number of benzene rings is 1.